The number of hydrogen-bond acceptors (Lipinski definition) is 3. The third-order valence-corrected chi connectivity index (χ3v) is 4.24. The number of rotatable bonds is 4. The highest BCUT2D eigenvalue weighted by atomic mass is 19.4. The van der Waals surface area contributed by atoms with E-state index in [0.717, 1.165) is 48.5 Å². The van der Waals surface area contributed by atoms with Crippen molar-refractivity contribution in [1.29, 1.82) is 0 Å². The van der Waals surface area contributed by atoms with Crippen molar-refractivity contribution >= 4 is 0 Å². The molecule has 10 heteroatoms. The van der Waals surface area contributed by atoms with E-state index in [0.29, 0.717) is 0 Å². The summed E-state index contributed by atoms with van der Waals surface area (Å²) in [6, 6.07) is 7.51. The summed E-state index contributed by atoms with van der Waals surface area (Å²) in [7, 11) is 0. The summed E-state index contributed by atoms with van der Waals surface area (Å²) >= 11 is 0. The van der Waals surface area contributed by atoms with Crippen LogP contribution in [0.3, 0.4) is 0 Å². The molecule has 4 nitrogen and oxygen atoms in total. The monoisotopic (exact) mass is 401 g/mol. The number of alkyl halides is 6. The highest BCUT2D eigenvalue weighted by Crippen LogP contribution is 2.36. The van der Waals surface area contributed by atoms with E-state index in [1.807, 2.05) is 0 Å². The molecule has 0 bridgehead atoms. The zero-order valence-corrected chi connectivity index (χ0v) is 14.0. The predicted molar refractivity (Wildman–Crippen MR) is 85.9 cm³/mol. The predicted octanol–water partition coefficient (Wildman–Crippen LogP) is 4.25. The minimum absolute atomic E-state index is 0.0655. The van der Waals surface area contributed by atoms with E-state index >= 15 is 0 Å². The van der Waals surface area contributed by atoms with Crippen LogP contribution in [0, 0.1) is 0 Å². The summed E-state index contributed by atoms with van der Waals surface area (Å²) in [6.45, 7) is -0.260. The van der Waals surface area contributed by atoms with Gasteiger partial charge in [0, 0.05) is 0 Å². The molecule has 148 valence electrons. The second-order valence-corrected chi connectivity index (χ2v) is 6.10. The third-order valence-electron chi connectivity index (χ3n) is 4.24. The number of aromatic nitrogens is 3. The van der Waals surface area contributed by atoms with Crippen LogP contribution in [0.15, 0.2) is 61.2 Å². The zero-order valence-electron chi connectivity index (χ0n) is 14.0. The van der Waals surface area contributed by atoms with E-state index in [4.69, 9.17) is 0 Å². The standard InChI is InChI=1S/C18H13F6N3O/c19-17(20,21)14-5-1-12(2-6-14)16(28,9-27-11-25-10-26-27)13-3-7-15(8-4-13)18(22,23)24/h1-8,10-11,28H,9H2. The van der Waals surface area contributed by atoms with E-state index in [1.54, 1.807) is 0 Å². The molecule has 0 spiro atoms. The summed E-state index contributed by atoms with van der Waals surface area (Å²) in [4.78, 5) is 3.73. The number of nitrogens with zero attached hydrogens (tertiary/aromatic N) is 3. The smallest absolute Gasteiger partial charge is 0.378 e. The second kappa shape index (κ2) is 6.93. The Kier molecular flexibility index (Phi) is 4.92. The van der Waals surface area contributed by atoms with Crippen molar-refractivity contribution in [2.24, 2.45) is 0 Å². The van der Waals surface area contributed by atoms with Gasteiger partial charge in [0.05, 0.1) is 17.7 Å². The lowest BCUT2D eigenvalue weighted by Gasteiger charge is -2.29. The van der Waals surface area contributed by atoms with Crippen molar-refractivity contribution in [3.8, 4) is 0 Å². The quantitative estimate of drug-likeness (QED) is 0.665. The Labute approximate surface area is 155 Å². The minimum Gasteiger partial charge on any atom is -0.378 e. The normalized spacial score (nSPS) is 13.0. The van der Waals surface area contributed by atoms with Crippen LogP contribution in [-0.4, -0.2) is 19.9 Å². The van der Waals surface area contributed by atoms with Gasteiger partial charge in [-0.05, 0) is 35.4 Å². The Balaban J connectivity index is 2.05. The van der Waals surface area contributed by atoms with Gasteiger partial charge in [-0.1, -0.05) is 24.3 Å². The molecule has 0 amide bonds. The minimum atomic E-state index is -4.56. The Morgan fingerprint density at radius 1 is 0.714 bits per heavy atom. The Bertz CT molecular complexity index is 858. The van der Waals surface area contributed by atoms with Crippen molar-refractivity contribution < 1.29 is 31.4 Å². The highest BCUT2D eigenvalue weighted by Gasteiger charge is 2.36. The summed E-state index contributed by atoms with van der Waals surface area (Å²) in [5.41, 5.74) is -3.62. The molecule has 0 aliphatic heterocycles. The first-order chi connectivity index (χ1) is 13.0. The molecule has 28 heavy (non-hydrogen) atoms. The summed E-state index contributed by atoms with van der Waals surface area (Å²) in [6.07, 6.45) is -6.65. The molecular weight excluding hydrogens is 388 g/mol. The molecule has 1 aromatic heterocycles. The first-order valence-electron chi connectivity index (χ1n) is 7.90. The van der Waals surface area contributed by atoms with Crippen LogP contribution in [0.1, 0.15) is 22.3 Å². The maximum absolute atomic E-state index is 12.8. The van der Waals surface area contributed by atoms with Crippen LogP contribution >= 0.6 is 0 Å². The van der Waals surface area contributed by atoms with Crippen molar-refractivity contribution in [3.63, 3.8) is 0 Å². The van der Waals surface area contributed by atoms with Crippen molar-refractivity contribution in [2.75, 3.05) is 0 Å². The van der Waals surface area contributed by atoms with Gasteiger partial charge >= 0.3 is 12.4 Å². The van der Waals surface area contributed by atoms with E-state index in [-0.39, 0.29) is 17.7 Å². The maximum Gasteiger partial charge on any atom is 0.416 e. The average Bonchev–Trinajstić information content (AvgIpc) is 3.13. The van der Waals surface area contributed by atoms with Gasteiger partial charge < -0.3 is 5.11 Å². The average molecular weight is 401 g/mol. The van der Waals surface area contributed by atoms with E-state index in [2.05, 4.69) is 10.1 Å². The van der Waals surface area contributed by atoms with Crippen LogP contribution in [0.25, 0.3) is 0 Å². The fourth-order valence-corrected chi connectivity index (χ4v) is 2.77. The third kappa shape index (κ3) is 4.01. The number of benzene rings is 2. The fraction of sp³-hybridized carbons (Fsp3) is 0.222. The molecule has 0 atom stereocenters. The Morgan fingerprint density at radius 2 is 1.11 bits per heavy atom. The van der Waals surface area contributed by atoms with E-state index in [9.17, 15) is 31.4 Å². The van der Waals surface area contributed by atoms with Crippen LogP contribution in [-0.2, 0) is 24.5 Å². The molecule has 0 aliphatic carbocycles. The van der Waals surface area contributed by atoms with Crippen LogP contribution in [0.5, 0.6) is 0 Å². The summed E-state index contributed by atoms with van der Waals surface area (Å²) in [5, 5.41) is 15.1. The number of hydrogen-bond donors (Lipinski definition) is 1. The van der Waals surface area contributed by atoms with Gasteiger partial charge in [-0.15, -0.1) is 0 Å². The molecule has 2 aromatic carbocycles. The van der Waals surface area contributed by atoms with Crippen molar-refractivity contribution in [2.45, 2.75) is 24.5 Å². The van der Waals surface area contributed by atoms with Gasteiger partial charge in [0.1, 0.15) is 18.3 Å². The molecule has 1 heterocycles. The second-order valence-electron chi connectivity index (χ2n) is 6.10. The van der Waals surface area contributed by atoms with Crippen molar-refractivity contribution in [3.05, 3.63) is 83.4 Å². The molecule has 3 aromatic rings. The lowest BCUT2D eigenvalue weighted by molar-refractivity contribution is -0.138. The van der Waals surface area contributed by atoms with Crippen molar-refractivity contribution in [1.82, 2.24) is 14.8 Å². The van der Waals surface area contributed by atoms with Crippen LogP contribution in [0.4, 0.5) is 26.3 Å². The molecule has 0 unspecified atom stereocenters. The molecule has 1 N–H and O–H groups in total. The first kappa shape index (κ1) is 19.9. The van der Waals surface area contributed by atoms with Gasteiger partial charge in [0.25, 0.3) is 0 Å². The Morgan fingerprint density at radius 3 is 1.43 bits per heavy atom. The van der Waals surface area contributed by atoms with Gasteiger partial charge in [-0.25, -0.2) is 9.67 Å². The first-order valence-corrected chi connectivity index (χ1v) is 7.90. The van der Waals surface area contributed by atoms with Gasteiger partial charge in [-0.2, -0.15) is 31.4 Å². The lowest BCUT2D eigenvalue weighted by atomic mass is 9.85. The van der Waals surface area contributed by atoms with E-state index < -0.39 is 29.1 Å². The number of aliphatic hydroxyl groups is 1. The topological polar surface area (TPSA) is 50.9 Å². The Hall–Kier alpha value is -2.88. The SMILES string of the molecule is OC(Cn1cncn1)(c1ccc(C(F)(F)F)cc1)c1ccc(C(F)(F)F)cc1. The number of halogens is 6. The largest absolute Gasteiger partial charge is 0.416 e. The molecule has 0 saturated carbocycles. The molecular formula is C18H13F6N3O. The van der Waals surface area contributed by atoms with Gasteiger partial charge in [0.2, 0.25) is 0 Å². The summed E-state index contributed by atoms with van der Waals surface area (Å²) in [5.74, 6) is 0. The van der Waals surface area contributed by atoms with Gasteiger partial charge in [0.15, 0.2) is 0 Å². The molecule has 0 aliphatic rings. The molecule has 0 saturated heterocycles. The fourth-order valence-electron chi connectivity index (χ4n) is 2.77. The van der Waals surface area contributed by atoms with Crippen LogP contribution in [0.2, 0.25) is 0 Å². The maximum atomic E-state index is 12.8. The molecule has 0 radical (unpaired) electrons. The molecule has 0 fully saturated rings. The summed E-state index contributed by atoms with van der Waals surface area (Å²) < 4.78 is 78.1. The zero-order chi connectivity index (χ0) is 20.6. The van der Waals surface area contributed by atoms with Gasteiger partial charge in [-0.3, -0.25) is 0 Å². The highest BCUT2D eigenvalue weighted by molar-refractivity contribution is 5.39. The van der Waals surface area contributed by atoms with Crippen LogP contribution < -0.4 is 0 Å². The van der Waals surface area contributed by atoms with E-state index in [1.165, 1.54) is 17.3 Å². The lowest BCUT2D eigenvalue weighted by Crippen LogP contribution is -2.33. The molecule has 3 rings (SSSR count).